The molecule has 13 heteroatoms. The second-order valence-corrected chi connectivity index (χ2v) is 2.89. The van der Waals surface area contributed by atoms with Gasteiger partial charge in [-0.3, -0.25) is 9.11 Å². The smallest absolute Gasteiger partial charge is 0.547 e. The van der Waals surface area contributed by atoms with E-state index in [4.69, 9.17) is 32.8 Å². The molecule has 17 heavy (non-hydrogen) atoms. The fourth-order valence-electron chi connectivity index (χ4n) is 0.264. The topological polar surface area (TPSA) is 227 Å². The number of aliphatic hydroxyl groups excluding tert-OH is 2. The molecule has 0 fully saturated rings. The van der Waals surface area contributed by atoms with Crippen LogP contribution in [-0.4, -0.2) is 57.0 Å². The van der Waals surface area contributed by atoms with Gasteiger partial charge in [0.05, 0.1) is 5.97 Å². The average molecular weight is 287 g/mol. The Morgan fingerprint density at radius 3 is 1.35 bits per heavy atom. The molecule has 0 saturated heterocycles. The maximum absolute atomic E-state index is 9.74. The zero-order valence-electron chi connectivity index (χ0n) is 8.55. The van der Waals surface area contributed by atoms with Gasteiger partial charge < -0.3 is 31.4 Å². The summed E-state index contributed by atoms with van der Waals surface area (Å²) in [6.45, 7) is 0. The molecule has 0 aliphatic heterocycles. The standard InChI is InChI=1S/C4H6O6.H3N.Na.H2O4S/c5-1(3(7)8)2(6)4(9)10;;;1-5(2,3)4/h1-2,5-6H,(H,7,8)(H,9,10);1H3;;(H2,1,2,3,4)/q;;+1;/p-1. The summed E-state index contributed by atoms with van der Waals surface area (Å²) >= 11 is 0. The van der Waals surface area contributed by atoms with Crippen LogP contribution in [0.2, 0.25) is 0 Å². The van der Waals surface area contributed by atoms with Crippen molar-refractivity contribution in [1.29, 1.82) is 0 Å². The van der Waals surface area contributed by atoms with Crippen molar-refractivity contribution >= 4 is 22.3 Å². The van der Waals surface area contributed by atoms with Crippen LogP contribution in [0.3, 0.4) is 0 Å². The van der Waals surface area contributed by atoms with Gasteiger partial charge in [-0.2, -0.15) is 8.42 Å². The molecule has 0 rings (SSSR count). The van der Waals surface area contributed by atoms with Gasteiger partial charge in [-0.25, -0.2) is 4.79 Å². The predicted octanol–water partition coefficient (Wildman–Crippen LogP) is -6.94. The van der Waals surface area contributed by atoms with E-state index in [2.05, 4.69) is 0 Å². The second kappa shape index (κ2) is 10.8. The van der Waals surface area contributed by atoms with E-state index in [1.165, 1.54) is 0 Å². The van der Waals surface area contributed by atoms with Crippen molar-refractivity contribution in [2.24, 2.45) is 0 Å². The van der Waals surface area contributed by atoms with Crippen LogP contribution >= 0.6 is 0 Å². The Morgan fingerprint density at radius 1 is 1.06 bits per heavy atom. The van der Waals surface area contributed by atoms with Crippen molar-refractivity contribution in [3.63, 3.8) is 0 Å². The summed E-state index contributed by atoms with van der Waals surface area (Å²) < 4.78 is 31.6. The first-order chi connectivity index (χ1) is 6.46. The molecule has 0 bridgehead atoms. The largest absolute Gasteiger partial charge is 1.00 e. The number of hydrogen-bond donors (Lipinski definition) is 6. The van der Waals surface area contributed by atoms with E-state index in [-0.39, 0.29) is 35.7 Å². The summed E-state index contributed by atoms with van der Waals surface area (Å²) in [7, 11) is -4.67. The first-order valence-corrected chi connectivity index (χ1v) is 4.36. The van der Waals surface area contributed by atoms with Crippen LogP contribution < -0.4 is 40.8 Å². The minimum absolute atomic E-state index is 0. The van der Waals surface area contributed by atoms with Gasteiger partial charge in [0.25, 0.3) is 0 Å². The monoisotopic (exact) mass is 287 g/mol. The van der Waals surface area contributed by atoms with Crippen molar-refractivity contribution in [2.75, 3.05) is 0 Å². The minimum atomic E-state index is -4.67. The summed E-state index contributed by atoms with van der Waals surface area (Å²) in [4.78, 5) is 19.4. The Morgan fingerprint density at radius 2 is 1.29 bits per heavy atom. The Labute approximate surface area is 118 Å². The van der Waals surface area contributed by atoms with Gasteiger partial charge in [0.2, 0.25) is 0 Å². The quantitative estimate of drug-likeness (QED) is 0.211. The van der Waals surface area contributed by atoms with E-state index >= 15 is 0 Å². The molecule has 0 aromatic heterocycles. The number of carboxylic acids is 2. The van der Waals surface area contributed by atoms with Gasteiger partial charge in [0.15, 0.2) is 6.10 Å². The van der Waals surface area contributed by atoms with Gasteiger partial charge in [0.1, 0.15) is 6.10 Å². The molecule has 0 heterocycles. The van der Waals surface area contributed by atoms with Crippen molar-refractivity contribution in [3.05, 3.63) is 0 Å². The van der Waals surface area contributed by atoms with E-state index in [0.29, 0.717) is 0 Å². The van der Waals surface area contributed by atoms with E-state index in [1.807, 2.05) is 0 Å². The molecule has 2 unspecified atom stereocenters. The molecule has 0 saturated carbocycles. The number of carbonyl (C=O) groups excluding carboxylic acids is 1. The predicted molar refractivity (Wildman–Crippen MR) is 43.9 cm³/mol. The summed E-state index contributed by atoms with van der Waals surface area (Å²) in [5.74, 6) is -3.83. The van der Waals surface area contributed by atoms with Gasteiger partial charge >= 0.3 is 45.9 Å². The molecule has 0 aromatic rings. The number of aliphatic carboxylic acids is 2. The Bertz CT molecular complexity index is 301. The third kappa shape index (κ3) is 21.5. The molecule has 0 spiro atoms. The fourth-order valence-corrected chi connectivity index (χ4v) is 0.264. The summed E-state index contributed by atoms with van der Waals surface area (Å²) in [6.07, 6.45) is -4.71. The molecule has 98 valence electrons. The number of rotatable bonds is 3. The van der Waals surface area contributed by atoms with Crippen LogP contribution in [0.1, 0.15) is 0 Å². The molecule has 11 nitrogen and oxygen atoms in total. The van der Waals surface area contributed by atoms with Gasteiger partial charge in [-0.05, 0) is 0 Å². The third-order valence-corrected chi connectivity index (χ3v) is 0.794. The average Bonchev–Trinajstić information content (AvgIpc) is 1.98. The van der Waals surface area contributed by atoms with Crippen LogP contribution in [0.4, 0.5) is 0 Å². The molecule has 0 aliphatic rings. The van der Waals surface area contributed by atoms with E-state index in [1.54, 1.807) is 0 Å². The first-order valence-electron chi connectivity index (χ1n) is 2.96. The zero-order chi connectivity index (χ0) is 12.8. The summed E-state index contributed by atoms with van der Waals surface area (Å²) in [5, 5.41) is 34.1. The summed E-state index contributed by atoms with van der Waals surface area (Å²) in [5.41, 5.74) is 0. The van der Waals surface area contributed by atoms with Gasteiger partial charge in [0, 0.05) is 0 Å². The van der Waals surface area contributed by atoms with Crippen molar-refractivity contribution in [1.82, 2.24) is 6.15 Å². The Kier molecular flexibility index (Phi) is 16.2. The Balaban J connectivity index is -0.000000105. The third-order valence-electron chi connectivity index (χ3n) is 0.794. The molecule has 0 radical (unpaired) electrons. The van der Waals surface area contributed by atoms with E-state index in [9.17, 15) is 14.7 Å². The van der Waals surface area contributed by atoms with Gasteiger partial charge in [-0.15, -0.1) is 0 Å². The van der Waals surface area contributed by atoms with Crippen molar-refractivity contribution in [2.45, 2.75) is 12.2 Å². The number of carboxylic acid groups (broad SMARTS) is 2. The maximum atomic E-state index is 9.74. The maximum Gasteiger partial charge on any atom is 1.00 e. The normalized spacial score (nSPS) is 12.7. The zero-order valence-corrected chi connectivity index (χ0v) is 11.4. The van der Waals surface area contributed by atoms with Crippen LogP contribution in [0.5, 0.6) is 0 Å². The van der Waals surface area contributed by atoms with Gasteiger partial charge in [-0.1, -0.05) is 0 Å². The number of hydrogen-bond acceptors (Lipinski definition) is 8. The molecular formula is C4H10NNaO10S. The number of aliphatic hydroxyl groups is 2. The van der Waals surface area contributed by atoms with Crippen LogP contribution in [0.25, 0.3) is 0 Å². The molecule has 0 aromatic carbocycles. The van der Waals surface area contributed by atoms with E-state index < -0.39 is 34.5 Å². The van der Waals surface area contributed by atoms with Crippen LogP contribution in [-0.2, 0) is 20.0 Å². The second-order valence-electron chi connectivity index (χ2n) is 1.99. The first kappa shape index (κ1) is 25.5. The van der Waals surface area contributed by atoms with Crippen molar-refractivity contribution in [3.8, 4) is 0 Å². The Hall–Kier alpha value is -0.310. The molecular weight excluding hydrogens is 277 g/mol. The SMILES string of the molecule is N.O=C([O-])C(O)C(O)C(=O)O.O=S(=O)(O)O.[Na+]. The minimum Gasteiger partial charge on any atom is -0.547 e. The number of carbonyl (C=O) groups is 2. The van der Waals surface area contributed by atoms with Crippen LogP contribution in [0, 0.1) is 0 Å². The summed E-state index contributed by atoms with van der Waals surface area (Å²) in [6, 6.07) is 0. The molecule has 0 amide bonds. The fraction of sp³-hybridized carbons (Fsp3) is 0.500. The molecule has 2 atom stereocenters. The van der Waals surface area contributed by atoms with Crippen molar-refractivity contribution < 1.29 is 77.1 Å². The van der Waals surface area contributed by atoms with Crippen LogP contribution in [0.15, 0.2) is 0 Å². The molecule has 0 aliphatic carbocycles. The van der Waals surface area contributed by atoms with E-state index in [0.717, 1.165) is 0 Å². The molecule has 8 N–H and O–H groups in total.